The number of nitrogens with one attached hydrogen (secondary N) is 1. The maximum atomic E-state index is 11.4. The minimum Gasteiger partial charge on any atom is -0.493 e. The zero-order valence-electron chi connectivity index (χ0n) is 12.9. The van der Waals surface area contributed by atoms with E-state index in [2.05, 4.69) is 15.4 Å². The van der Waals surface area contributed by atoms with Crippen molar-refractivity contribution in [3.8, 4) is 11.5 Å². The van der Waals surface area contributed by atoms with Crippen molar-refractivity contribution in [1.82, 2.24) is 14.8 Å². The first-order valence-electron chi connectivity index (χ1n) is 6.91. The molecule has 8 nitrogen and oxygen atoms in total. The summed E-state index contributed by atoms with van der Waals surface area (Å²) in [5.41, 5.74) is 0.776. The Bertz CT molecular complexity index is 797. The molecule has 0 saturated heterocycles. The lowest BCUT2D eigenvalue weighted by molar-refractivity contribution is -0.132. The van der Waals surface area contributed by atoms with E-state index < -0.39 is 12.0 Å². The molecule has 0 bridgehead atoms. The number of nitrogens with zero attached hydrogens (tertiary/aromatic N) is 3. The summed E-state index contributed by atoms with van der Waals surface area (Å²) in [4.78, 5) is 15.6. The number of carbonyl (C=O) groups is 1. The van der Waals surface area contributed by atoms with Gasteiger partial charge in [-0.25, -0.2) is 9.48 Å². The predicted octanol–water partition coefficient (Wildman–Crippen LogP) is 1.59. The molecule has 2 heterocycles. The Morgan fingerprint density at radius 3 is 2.78 bits per heavy atom. The smallest absolute Gasteiger partial charge is 0.352 e. The van der Waals surface area contributed by atoms with Crippen LogP contribution in [-0.4, -0.2) is 40.1 Å². The Morgan fingerprint density at radius 1 is 1.35 bits per heavy atom. The van der Waals surface area contributed by atoms with Crippen LogP contribution in [0.3, 0.4) is 0 Å². The maximum absolute atomic E-state index is 11.4. The number of rotatable bonds is 4. The lowest BCUT2D eigenvalue weighted by Gasteiger charge is -2.24. The second-order valence-corrected chi connectivity index (χ2v) is 4.97. The van der Waals surface area contributed by atoms with E-state index in [1.807, 2.05) is 12.1 Å². The number of fused-ring (bicyclic) bond motifs is 1. The molecule has 23 heavy (non-hydrogen) atoms. The van der Waals surface area contributed by atoms with Gasteiger partial charge in [0.25, 0.3) is 0 Å². The molecular weight excluding hydrogens is 300 g/mol. The molecule has 1 aliphatic rings. The van der Waals surface area contributed by atoms with Gasteiger partial charge in [-0.05, 0) is 19.1 Å². The summed E-state index contributed by atoms with van der Waals surface area (Å²) in [6.07, 6.45) is 1.57. The molecule has 0 amide bonds. The van der Waals surface area contributed by atoms with E-state index in [1.165, 1.54) is 7.11 Å². The van der Waals surface area contributed by atoms with Gasteiger partial charge in [-0.1, -0.05) is 12.1 Å². The molecule has 3 rings (SSSR count). The number of para-hydroxylation sites is 1. The SMILES string of the molecule is COc1cccc(C2C=C(C(=O)O)Nc3nc(C)nn32)c1OC. The fraction of sp³-hybridized carbons (Fsp3) is 0.267. The van der Waals surface area contributed by atoms with Crippen molar-refractivity contribution in [2.75, 3.05) is 19.5 Å². The van der Waals surface area contributed by atoms with Crippen LogP contribution in [0.2, 0.25) is 0 Å². The Balaban J connectivity index is 2.20. The molecule has 1 aliphatic heterocycles. The van der Waals surface area contributed by atoms with E-state index in [1.54, 1.807) is 30.9 Å². The number of carboxylic acids is 1. The fourth-order valence-electron chi connectivity index (χ4n) is 2.59. The number of aromatic nitrogens is 3. The zero-order valence-corrected chi connectivity index (χ0v) is 12.9. The van der Waals surface area contributed by atoms with E-state index in [9.17, 15) is 9.90 Å². The van der Waals surface area contributed by atoms with Gasteiger partial charge in [0, 0.05) is 5.56 Å². The second-order valence-electron chi connectivity index (χ2n) is 4.97. The number of anilines is 1. The molecule has 8 heteroatoms. The van der Waals surface area contributed by atoms with Crippen LogP contribution in [0.25, 0.3) is 0 Å². The lowest BCUT2D eigenvalue weighted by atomic mass is 10.0. The van der Waals surface area contributed by atoms with E-state index >= 15 is 0 Å². The van der Waals surface area contributed by atoms with Crippen LogP contribution in [0.15, 0.2) is 30.0 Å². The molecule has 1 aromatic heterocycles. The number of hydrogen-bond donors (Lipinski definition) is 2. The molecule has 0 fully saturated rings. The van der Waals surface area contributed by atoms with E-state index in [0.717, 1.165) is 5.56 Å². The van der Waals surface area contributed by atoms with Crippen LogP contribution in [0.1, 0.15) is 17.4 Å². The van der Waals surface area contributed by atoms with Crippen LogP contribution in [0, 0.1) is 6.92 Å². The third-order valence-electron chi connectivity index (χ3n) is 3.55. The Morgan fingerprint density at radius 2 is 2.13 bits per heavy atom. The Hall–Kier alpha value is -3.03. The third kappa shape index (κ3) is 2.48. The number of aryl methyl sites for hydroxylation is 1. The number of allylic oxidation sites excluding steroid dienone is 1. The largest absolute Gasteiger partial charge is 0.493 e. The standard InChI is InChI=1S/C15H16N4O4/c1-8-16-15-17-10(14(20)21)7-11(19(15)18-8)9-5-4-6-12(22-2)13(9)23-3/h4-7,11H,1-3H3,(H,20,21)(H,16,17,18). The number of methoxy groups -OCH3 is 2. The molecule has 120 valence electrons. The quantitative estimate of drug-likeness (QED) is 0.883. The van der Waals surface area contributed by atoms with Gasteiger partial charge in [-0.2, -0.15) is 10.1 Å². The van der Waals surface area contributed by atoms with Gasteiger partial charge in [0.05, 0.1) is 14.2 Å². The van der Waals surface area contributed by atoms with Gasteiger partial charge in [0.2, 0.25) is 5.95 Å². The molecule has 0 aliphatic carbocycles. The average Bonchev–Trinajstić information content (AvgIpc) is 2.92. The van der Waals surface area contributed by atoms with Crippen molar-refractivity contribution in [3.63, 3.8) is 0 Å². The summed E-state index contributed by atoms with van der Waals surface area (Å²) < 4.78 is 12.4. The highest BCUT2D eigenvalue weighted by atomic mass is 16.5. The van der Waals surface area contributed by atoms with Gasteiger partial charge < -0.3 is 19.9 Å². The molecule has 1 aromatic carbocycles. The van der Waals surface area contributed by atoms with Crippen LogP contribution in [0.5, 0.6) is 11.5 Å². The minimum absolute atomic E-state index is 0.0415. The summed E-state index contributed by atoms with van der Waals surface area (Å²) in [6, 6.07) is 4.96. The first kappa shape index (κ1) is 14.9. The summed E-state index contributed by atoms with van der Waals surface area (Å²) >= 11 is 0. The highest BCUT2D eigenvalue weighted by Gasteiger charge is 2.29. The molecule has 0 spiro atoms. The number of hydrogen-bond acceptors (Lipinski definition) is 6. The van der Waals surface area contributed by atoms with Crippen molar-refractivity contribution < 1.29 is 19.4 Å². The number of carboxylic acid groups (broad SMARTS) is 1. The van der Waals surface area contributed by atoms with Crippen LogP contribution < -0.4 is 14.8 Å². The zero-order chi connectivity index (χ0) is 16.6. The molecule has 1 unspecified atom stereocenters. The minimum atomic E-state index is -1.07. The highest BCUT2D eigenvalue weighted by molar-refractivity contribution is 5.90. The molecule has 1 atom stereocenters. The summed E-state index contributed by atoms with van der Waals surface area (Å²) in [6.45, 7) is 1.74. The monoisotopic (exact) mass is 316 g/mol. The second kappa shape index (κ2) is 5.64. The van der Waals surface area contributed by atoms with Crippen LogP contribution >= 0.6 is 0 Å². The van der Waals surface area contributed by atoms with Crippen LogP contribution in [-0.2, 0) is 4.79 Å². The Kier molecular flexibility index (Phi) is 3.65. The fourth-order valence-corrected chi connectivity index (χ4v) is 2.59. The maximum Gasteiger partial charge on any atom is 0.352 e. The van der Waals surface area contributed by atoms with E-state index in [-0.39, 0.29) is 5.70 Å². The molecule has 0 radical (unpaired) electrons. The number of ether oxygens (including phenoxy) is 2. The molecule has 2 aromatic rings. The van der Waals surface area contributed by atoms with Gasteiger partial charge in [0.1, 0.15) is 17.6 Å². The van der Waals surface area contributed by atoms with Gasteiger partial charge in [-0.3, -0.25) is 0 Å². The summed E-state index contributed by atoms with van der Waals surface area (Å²) in [7, 11) is 3.09. The number of benzene rings is 1. The van der Waals surface area contributed by atoms with Gasteiger partial charge in [0.15, 0.2) is 11.5 Å². The average molecular weight is 316 g/mol. The normalized spacial score (nSPS) is 16.1. The Labute approximate surface area is 132 Å². The van der Waals surface area contributed by atoms with Crippen molar-refractivity contribution in [3.05, 3.63) is 41.4 Å². The highest BCUT2D eigenvalue weighted by Crippen LogP contribution is 2.39. The topological polar surface area (TPSA) is 98.5 Å². The van der Waals surface area contributed by atoms with Crippen LogP contribution in [0.4, 0.5) is 5.95 Å². The predicted molar refractivity (Wildman–Crippen MR) is 81.8 cm³/mol. The van der Waals surface area contributed by atoms with E-state index in [4.69, 9.17) is 9.47 Å². The molecular formula is C15H16N4O4. The molecule has 2 N–H and O–H groups in total. The lowest BCUT2D eigenvalue weighted by Crippen LogP contribution is -2.24. The summed E-state index contributed by atoms with van der Waals surface area (Å²) in [5, 5.41) is 16.4. The first-order chi connectivity index (χ1) is 11.0. The summed E-state index contributed by atoms with van der Waals surface area (Å²) in [5.74, 6) is 0.939. The van der Waals surface area contributed by atoms with Crippen molar-refractivity contribution in [2.45, 2.75) is 13.0 Å². The van der Waals surface area contributed by atoms with Crippen molar-refractivity contribution in [1.29, 1.82) is 0 Å². The number of aliphatic carboxylic acids is 1. The first-order valence-corrected chi connectivity index (χ1v) is 6.91. The molecule has 0 saturated carbocycles. The van der Waals surface area contributed by atoms with E-state index in [0.29, 0.717) is 23.3 Å². The van der Waals surface area contributed by atoms with Gasteiger partial charge >= 0.3 is 5.97 Å². The third-order valence-corrected chi connectivity index (χ3v) is 3.55. The van der Waals surface area contributed by atoms with Crippen molar-refractivity contribution >= 4 is 11.9 Å². The van der Waals surface area contributed by atoms with Gasteiger partial charge in [-0.15, -0.1) is 0 Å². The van der Waals surface area contributed by atoms with Crippen molar-refractivity contribution in [2.24, 2.45) is 0 Å².